The topological polar surface area (TPSA) is 32.8 Å². The lowest BCUT2D eigenvalue weighted by Gasteiger charge is -2.41. The van der Waals surface area contributed by atoms with Crippen LogP contribution in [0.3, 0.4) is 0 Å². The Morgan fingerprint density at radius 2 is 1.61 bits per heavy atom. The third-order valence-electron chi connectivity index (χ3n) is 6.27. The Kier molecular flexibility index (Phi) is 7.86. The number of amides is 1. The number of piperidine rings is 2. The zero-order valence-electron chi connectivity index (χ0n) is 17.9. The predicted octanol–water partition coefficient (Wildman–Crippen LogP) is 4.84. The summed E-state index contributed by atoms with van der Waals surface area (Å²) in [5.74, 6) is 1.18. The van der Waals surface area contributed by atoms with Gasteiger partial charge < -0.3 is 9.64 Å². The van der Waals surface area contributed by atoms with Crippen molar-refractivity contribution >= 4 is 17.7 Å². The van der Waals surface area contributed by atoms with Gasteiger partial charge in [-0.2, -0.15) is 0 Å². The largest absolute Gasteiger partial charge is 0.487 e. The lowest BCUT2D eigenvalue weighted by atomic mass is 9.98. The van der Waals surface area contributed by atoms with Crippen LogP contribution in [-0.2, 0) is 4.79 Å². The van der Waals surface area contributed by atoms with Crippen LogP contribution in [0.5, 0.6) is 5.75 Å². The summed E-state index contributed by atoms with van der Waals surface area (Å²) in [5, 5.41) is 0. The van der Waals surface area contributed by atoms with Crippen LogP contribution >= 0.6 is 11.8 Å². The Morgan fingerprint density at radius 1 is 0.935 bits per heavy atom. The molecule has 31 heavy (non-hydrogen) atoms. The highest BCUT2D eigenvalue weighted by Gasteiger charge is 2.30. The minimum atomic E-state index is -0.288. The Hall–Kier alpha value is -2.05. The molecule has 2 fully saturated rings. The average molecular weight is 443 g/mol. The second kappa shape index (κ2) is 11.0. The Balaban J connectivity index is 1.15. The van der Waals surface area contributed by atoms with Crippen molar-refractivity contribution in [1.82, 2.24) is 9.80 Å². The van der Waals surface area contributed by atoms with Crippen molar-refractivity contribution in [3.05, 3.63) is 60.4 Å². The van der Waals surface area contributed by atoms with Gasteiger partial charge in [-0.3, -0.25) is 9.69 Å². The fraction of sp³-hybridized carbons (Fsp3) is 0.480. The van der Waals surface area contributed by atoms with E-state index in [1.165, 1.54) is 11.0 Å². The first-order valence-electron chi connectivity index (χ1n) is 11.3. The van der Waals surface area contributed by atoms with E-state index >= 15 is 0 Å². The minimum absolute atomic E-state index is 0.0805. The van der Waals surface area contributed by atoms with Crippen molar-refractivity contribution in [1.29, 1.82) is 0 Å². The van der Waals surface area contributed by atoms with Crippen LogP contribution in [0.2, 0.25) is 0 Å². The third kappa shape index (κ3) is 6.23. The van der Waals surface area contributed by atoms with Crippen molar-refractivity contribution < 1.29 is 13.9 Å². The molecule has 2 heterocycles. The van der Waals surface area contributed by atoms with Gasteiger partial charge in [-0.1, -0.05) is 30.3 Å². The van der Waals surface area contributed by atoms with Crippen LogP contribution in [0.25, 0.3) is 0 Å². The zero-order valence-corrected chi connectivity index (χ0v) is 18.7. The molecule has 6 heteroatoms. The van der Waals surface area contributed by atoms with Crippen molar-refractivity contribution in [3.8, 4) is 5.75 Å². The van der Waals surface area contributed by atoms with Gasteiger partial charge in [0.25, 0.3) is 0 Å². The smallest absolute Gasteiger partial charge is 0.223 e. The van der Waals surface area contributed by atoms with Gasteiger partial charge >= 0.3 is 0 Å². The third-order valence-corrected chi connectivity index (χ3v) is 7.28. The van der Waals surface area contributed by atoms with E-state index in [1.807, 2.05) is 29.2 Å². The van der Waals surface area contributed by atoms with Gasteiger partial charge in [-0.15, -0.1) is 11.8 Å². The number of benzene rings is 2. The van der Waals surface area contributed by atoms with Crippen LogP contribution in [0.1, 0.15) is 32.1 Å². The molecule has 166 valence electrons. The molecule has 0 unspecified atom stereocenters. The molecule has 1 amide bonds. The Bertz CT molecular complexity index is 834. The quantitative estimate of drug-likeness (QED) is 0.575. The first-order chi connectivity index (χ1) is 15.2. The summed E-state index contributed by atoms with van der Waals surface area (Å²) < 4.78 is 19.7. The number of hydrogen-bond donors (Lipinski definition) is 0. The van der Waals surface area contributed by atoms with Crippen LogP contribution < -0.4 is 4.74 Å². The van der Waals surface area contributed by atoms with Gasteiger partial charge in [0.15, 0.2) is 11.6 Å². The minimum Gasteiger partial charge on any atom is -0.487 e. The van der Waals surface area contributed by atoms with E-state index in [9.17, 15) is 9.18 Å². The highest BCUT2D eigenvalue weighted by atomic mass is 32.2. The first-order valence-corrected chi connectivity index (χ1v) is 12.3. The average Bonchev–Trinajstić information content (AvgIpc) is 2.82. The molecule has 2 aliphatic heterocycles. The number of para-hydroxylation sites is 1. The lowest BCUT2D eigenvalue weighted by Crippen LogP contribution is -2.50. The van der Waals surface area contributed by atoms with Crippen molar-refractivity contribution in [2.24, 2.45) is 0 Å². The van der Waals surface area contributed by atoms with Crippen molar-refractivity contribution in [2.45, 2.75) is 49.1 Å². The van der Waals surface area contributed by atoms with E-state index in [4.69, 9.17) is 4.74 Å². The number of halogens is 1. The summed E-state index contributed by atoms with van der Waals surface area (Å²) in [6, 6.07) is 17.4. The van der Waals surface area contributed by atoms with Crippen LogP contribution in [0.4, 0.5) is 4.39 Å². The number of hydrogen-bond acceptors (Lipinski definition) is 4. The maximum absolute atomic E-state index is 13.8. The maximum atomic E-state index is 13.8. The molecular formula is C25H31FN2O2S. The number of rotatable bonds is 7. The number of carbonyl (C=O) groups excluding carboxylic acids is 1. The monoisotopic (exact) mass is 442 g/mol. The number of likely N-dealkylation sites (tertiary alicyclic amines) is 2. The fourth-order valence-corrected chi connectivity index (χ4v) is 5.35. The summed E-state index contributed by atoms with van der Waals surface area (Å²) in [5.41, 5.74) is 0. The number of carbonyl (C=O) groups is 1. The summed E-state index contributed by atoms with van der Waals surface area (Å²) in [6.45, 7) is 3.66. The fourth-order valence-electron chi connectivity index (χ4n) is 4.49. The van der Waals surface area contributed by atoms with E-state index in [1.54, 1.807) is 23.9 Å². The molecule has 0 radical (unpaired) electrons. The molecule has 2 aromatic carbocycles. The molecule has 0 saturated carbocycles. The van der Waals surface area contributed by atoms with Gasteiger partial charge in [-0.05, 0) is 49.9 Å². The van der Waals surface area contributed by atoms with E-state index in [-0.39, 0.29) is 17.8 Å². The van der Waals surface area contributed by atoms with Gasteiger partial charge in [0.1, 0.15) is 6.10 Å². The summed E-state index contributed by atoms with van der Waals surface area (Å²) in [7, 11) is 0. The van der Waals surface area contributed by atoms with E-state index in [0.29, 0.717) is 18.2 Å². The van der Waals surface area contributed by atoms with Crippen LogP contribution in [0.15, 0.2) is 59.5 Å². The molecule has 0 spiro atoms. The van der Waals surface area contributed by atoms with E-state index in [0.717, 1.165) is 57.6 Å². The summed E-state index contributed by atoms with van der Waals surface area (Å²) in [4.78, 5) is 18.4. The van der Waals surface area contributed by atoms with Gasteiger partial charge in [-0.25, -0.2) is 4.39 Å². The molecule has 2 saturated heterocycles. The molecule has 2 aliphatic rings. The molecule has 2 aromatic rings. The normalized spacial score (nSPS) is 18.8. The van der Waals surface area contributed by atoms with E-state index < -0.39 is 0 Å². The second-order valence-electron chi connectivity index (χ2n) is 8.31. The molecule has 0 aliphatic carbocycles. The predicted molar refractivity (Wildman–Crippen MR) is 123 cm³/mol. The van der Waals surface area contributed by atoms with Crippen LogP contribution in [-0.4, -0.2) is 59.8 Å². The van der Waals surface area contributed by atoms with Crippen LogP contribution in [0, 0.1) is 5.82 Å². The number of nitrogens with zero attached hydrogens (tertiary/aromatic N) is 2. The highest BCUT2D eigenvalue weighted by molar-refractivity contribution is 7.99. The highest BCUT2D eigenvalue weighted by Crippen LogP contribution is 2.26. The molecule has 0 N–H and O–H groups in total. The molecule has 0 atom stereocenters. The summed E-state index contributed by atoms with van der Waals surface area (Å²) >= 11 is 1.75. The van der Waals surface area contributed by atoms with E-state index in [2.05, 4.69) is 17.0 Å². The van der Waals surface area contributed by atoms with Crippen molar-refractivity contribution in [3.63, 3.8) is 0 Å². The zero-order chi connectivity index (χ0) is 21.5. The standard InChI is InChI=1S/C25H31FN2O2S/c26-23-8-4-5-9-24(23)30-21-12-17-27(18-13-21)20-10-15-28(16-11-20)25(29)14-19-31-22-6-2-1-3-7-22/h1-9,20-21H,10-19H2. The second-order valence-corrected chi connectivity index (χ2v) is 9.48. The Labute approximate surface area is 188 Å². The molecular weight excluding hydrogens is 411 g/mol. The number of ether oxygens (including phenoxy) is 1. The SMILES string of the molecule is O=C(CCSc1ccccc1)N1CCC(N2CCC(Oc3ccccc3F)CC2)CC1. The molecule has 4 nitrogen and oxygen atoms in total. The lowest BCUT2D eigenvalue weighted by molar-refractivity contribution is -0.132. The summed E-state index contributed by atoms with van der Waals surface area (Å²) in [6.07, 6.45) is 4.60. The van der Waals surface area contributed by atoms with Gasteiger partial charge in [0.05, 0.1) is 0 Å². The Morgan fingerprint density at radius 3 is 2.32 bits per heavy atom. The maximum Gasteiger partial charge on any atom is 0.223 e. The molecule has 0 bridgehead atoms. The van der Waals surface area contributed by atoms with Gasteiger partial charge in [0.2, 0.25) is 5.91 Å². The van der Waals surface area contributed by atoms with Gasteiger partial charge in [0, 0.05) is 49.3 Å². The molecule has 0 aromatic heterocycles. The van der Waals surface area contributed by atoms with Crippen molar-refractivity contribution in [2.75, 3.05) is 31.9 Å². The molecule has 4 rings (SSSR count). The first kappa shape index (κ1) is 22.2. The number of thioether (sulfide) groups is 1.